The van der Waals surface area contributed by atoms with Gasteiger partial charge in [0.15, 0.2) is 0 Å². The Morgan fingerprint density at radius 1 is 0.783 bits per heavy atom. The molecule has 1 aliphatic carbocycles. The van der Waals surface area contributed by atoms with Crippen molar-refractivity contribution in [3.63, 3.8) is 0 Å². The van der Waals surface area contributed by atoms with Crippen LogP contribution >= 0.6 is 0 Å². The predicted octanol–water partition coefficient (Wildman–Crippen LogP) is 4.28. The summed E-state index contributed by atoms with van der Waals surface area (Å²) in [6.45, 7) is 17.7. The molecule has 0 aromatic rings. The van der Waals surface area contributed by atoms with Crippen molar-refractivity contribution in [1.82, 2.24) is 0 Å². The number of aliphatic hydroxyl groups is 3. The van der Waals surface area contributed by atoms with E-state index >= 15 is 0 Å². The second-order valence-electron chi connectivity index (χ2n) is 5.80. The summed E-state index contributed by atoms with van der Waals surface area (Å²) in [5, 5.41) is 23.6. The Labute approximate surface area is 164 Å². The average Bonchev–Trinajstić information content (AvgIpc) is 2.70. The first-order chi connectivity index (χ1) is 10.2. The van der Waals surface area contributed by atoms with E-state index in [1.807, 2.05) is 20.8 Å². The second-order valence-corrected chi connectivity index (χ2v) is 5.80. The Kier molecular flexibility index (Phi) is 27.4. The molecule has 1 rings (SSSR count). The van der Waals surface area contributed by atoms with E-state index < -0.39 is 0 Å². The molecule has 0 saturated heterocycles. The first kappa shape index (κ1) is 31.1. The quantitative estimate of drug-likeness (QED) is 0.613. The van der Waals surface area contributed by atoms with Crippen molar-refractivity contribution in [2.24, 2.45) is 5.41 Å². The summed E-state index contributed by atoms with van der Waals surface area (Å²) in [5.74, 6) is 0. The molecule has 3 N–H and O–H groups in total. The van der Waals surface area contributed by atoms with Crippen molar-refractivity contribution in [2.45, 2.75) is 74.7 Å². The van der Waals surface area contributed by atoms with Crippen molar-refractivity contribution in [2.75, 3.05) is 19.8 Å². The Bertz CT molecular complexity index is 292. The van der Waals surface area contributed by atoms with Crippen LogP contribution in [0.1, 0.15) is 74.7 Å². The third kappa shape index (κ3) is 18.4. The first-order valence-corrected chi connectivity index (χ1v) is 8.32. The molecule has 0 fully saturated rings. The molecule has 0 atom stereocenters. The van der Waals surface area contributed by atoms with Crippen LogP contribution in [0.25, 0.3) is 0 Å². The fourth-order valence-electron chi connectivity index (χ4n) is 1.41. The van der Waals surface area contributed by atoms with Gasteiger partial charge < -0.3 is 15.3 Å². The van der Waals surface area contributed by atoms with Crippen LogP contribution < -0.4 is 0 Å². The van der Waals surface area contributed by atoms with E-state index in [4.69, 9.17) is 15.3 Å². The first-order valence-electron chi connectivity index (χ1n) is 8.32. The summed E-state index contributed by atoms with van der Waals surface area (Å²) in [6.07, 6.45) is 6.06. The van der Waals surface area contributed by atoms with Gasteiger partial charge in [-0.1, -0.05) is 53.9 Å². The summed E-state index contributed by atoms with van der Waals surface area (Å²) < 4.78 is 0. The molecule has 0 aromatic carbocycles. The molecule has 0 aliphatic heterocycles. The van der Waals surface area contributed by atoms with Crippen LogP contribution in [-0.4, -0.2) is 35.1 Å². The third-order valence-electron chi connectivity index (χ3n) is 3.23. The van der Waals surface area contributed by atoms with E-state index in [0.29, 0.717) is 19.8 Å². The Morgan fingerprint density at radius 3 is 1.09 bits per heavy atom. The molecule has 1 aliphatic rings. The zero-order valence-corrected chi connectivity index (χ0v) is 19.0. The topological polar surface area (TPSA) is 60.7 Å². The maximum atomic E-state index is 7.88. The van der Waals surface area contributed by atoms with E-state index in [1.165, 1.54) is 16.7 Å². The molecule has 0 radical (unpaired) electrons. The monoisotopic (exact) mass is 405 g/mol. The minimum atomic E-state index is 0. The van der Waals surface area contributed by atoms with Crippen LogP contribution in [0.3, 0.4) is 0 Å². The molecular formula is C19H39O3Zr-. The number of rotatable bonds is 3. The van der Waals surface area contributed by atoms with Crippen LogP contribution in [0.2, 0.25) is 0 Å². The van der Waals surface area contributed by atoms with Gasteiger partial charge in [-0.3, -0.25) is 6.08 Å². The smallest absolute Gasteiger partial charge is 0.0428 e. The summed E-state index contributed by atoms with van der Waals surface area (Å²) in [5.41, 5.74) is 4.39. The fourth-order valence-corrected chi connectivity index (χ4v) is 1.41. The van der Waals surface area contributed by atoms with Gasteiger partial charge in [0.05, 0.1) is 0 Å². The van der Waals surface area contributed by atoms with Gasteiger partial charge in [-0.15, -0.1) is 6.92 Å². The second kappa shape index (κ2) is 20.3. The maximum Gasteiger partial charge on any atom is 0.0428 e. The molecule has 3 nitrogen and oxygen atoms in total. The SMILES string of the molecule is CC1=[C-]C(C)(C)C(C)=C1C.CCCO.CCCO.CCCO.[Zr]. The van der Waals surface area contributed by atoms with Crippen LogP contribution in [0.5, 0.6) is 0 Å². The molecule has 0 heterocycles. The summed E-state index contributed by atoms with van der Waals surface area (Å²) in [6, 6.07) is 0. The van der Waals surface area contributed by atoms with Crippen LogP contribution in [0.4, 0.5) is 0 Å². The van der Waals surface area contributed by atoms with Gasteiger partial charge in [0.1, 0.15) is 0 Å². The van der Waals surface area contributed by atoms with E-state index in [2.05, 4.69) is 40.7 Å². The van der Waals surface area contributed by atoms with E-state index in [-0.39, 0.29) is 31.6 Å². The largest absolute Gasteiger partial charge is 0.396 e. The van der Waals surface area contributed by atoms with E-state index in [0.717, 1.165) is 19.3 Å². The van der Waals surface area contributed by atoms with Gasteiger partial charge in [0, 0.05) is 46.0 Å². The number of allylic oxidation sites excluding steroid dienone is 4. The van der Waals surface area contributed by atoms with Gasteiger partial charge in [-0.05, 0) is 19.3 Å². The third-order valence-corrected chi connectivity index (χ3v) is 3.23. The van der Waals surface area contributed by atoms with Crippen molar-refractivity contribution in [1.29, 1.82) is 0 Å². The van der Waals surface area contributed by atoms with Crippen LogP contribution in [-0.2, 0) is 26.2 Å². The van der Waals surface area contributed by atoms with Crippen LogP contribution in [0.15, 0.2) is 16.7 Å². The number of hydrogen-bond donors (Lipinski definition) is 3. The molecule has 23 heavy (non-hydrogen) atoms. The van der Waals surface area contributed by atoms with Crippen molar-refractivity contribution in [3.8, 4) is 0 Å². The Hall–Kier alpha value is 0.243. The fraction of sp³-hybridized carbons (Fsp3) is 0.789. The van der Waals surface area contributed by atoms with Crippen molar-refractivity contribution < 1.29 is 41.5 Å². The summed E-state index contributed by atoms with van der Waals surface area (Å²) in [7, 11) is 0. The molecule has 0 unspecified atom stereocenters. The summed E-state index contributed by atoms with van der Waals surface area (Å²) in [4.78, 5) is 0. The maximum absolute atomic E-state index is 7.88. The number of aliphatic hydroxyl groups excluding tert-OH is 3. The number of hydrogen-bond acceptors (Lipinski definition) is 3. The van der Waals surface area contributed by atoms with Gasteiger partial charge in [-0.25, -0.2) is 5.57 Å². The molecule has 0 spiro atoms. The van der Waals surface area contributed by atoms with Crippen molar-refractivity contribution in [3.05, 3.63) is 22.8 Å². The normalized spacial score (nSPS) is 14.1. The van der Waals surface area contributed by atoms with Gasteiger partial charge >= 0.3 is 0 Å². The molecule has 0 amide bonds. The van der Waals surface area contributed by atoms with Gasteiger partial charge in [0.2, 0.25) is 0 Å². The Morgan fingerprint density at radius 2 is 1.04 bits per heavy atom. The predicted molar refractivity (Wildman–Crippen MR) is 96.7 cm³/mol. The summed E-state index contributed by atoms with van der Waals surface area (Å²) >= 11 is 0. The Balaban J connectivity index is -0.000000118. The van der Waals surface area contributed by atoms with Gasteiger partial charge in [-0.2, -0.15) is 11.1 Å². The van der Waals surface area contributed by atoms with E-state index in [9.17, 15) is 0 Å². The molecule has 0 aromatic heterocycles. The zero-order valence-electron chi connectivity index (χ0n) is 16.6. The zero-order chi connectivity index (χ0) is 18.2. The molecule has 138 valence electrons. The standard InChI is InChI=1S/C10H15.3C3H8O.Zr/c1-7-6-10(4,5)9(3)8(7)2;3*1-2-3-4;/h1-5H3;3*4H,2-3H2,1H3;/q-1;;;;. The molecular weight excluding hydrogens is 367 g/mol. The average molecular weight is 407 g/mol. The van der Waals surface area contributed by atoms with E-state index in [1.54, 1.807) is 0 Å². The van der Waals surface area contributed by atoms with Crippen LogP contribution in [0, 0.1) is 11.5 Å². The minimum Gasteiger partial charge on any atom is -0.396 e. The van der Waals surface area contributed by atoms with Gasteiger partial charge in [0.25, 0.3) is 0 Å². The molecule has 4 heteroatoms. The van der Waals surface area contributed by atoms with Crippen molar-refractivity contribution >= 4 is 0 Å². The minimum absolute atomic E-state index is 0. The molecule has 0 bridgehead atoms. The molecule has 0 saturated carbocycles.